The van der Waals surface area contributed by atoms with Gasteiger partial charge in [0.25, 0.3) is 6.71 Å². The Morgan fingerprint density at radius 2 is 1.24 bits per heavy atom. The van der Waals surface area contributed by atoms with Crippen molar-refractivity contribution in [3.8, 4) is 0 Å². The average Bonchev–Trinajstić information content (AvgIpc) is 3.48. The number of aryl methyl sites for hydroxylation is 2. The van der Waals surface area contributed by atoms with E-state index in [9.17, 15) is 5.48 Å². The normalized spacial score (nSPS) is 15.2. The van der Waals surface area contributed by atoms with Crippen LogP contribution < -0.4 is 25.5 Å². The molecule has 0 atom stereocenters. The van der Waals surface area contributed by atoms with Gasteiger partial charge in [-0.2, -0.15) is 0 Å². The Hall–Kier alpha value is -4.28. The fourth-order valence-corrected chi connectivity index (χ4v) is 9.03. The first kappa shape index (κ1) is 29.3. The number of hydrogen-bond donors (Lipinski definition) is 0. The summed E-state index contributed by atoms with van der Waals surface area (Å²) in [5.41, 5.74) is 12.4. The number of rotatable bonds is 3. The van der Waals surface area contributed by atoms with E-state index in [1.165, 1.54) is 31.7 Å². The highest BCUT2D eigenvalue weighted by Crippen LogP contribution is 2.49. The van der Waals surface area contributed by atoms with Gasteiger partial charge in [0.15, 0.2) is 0 Å². The second-order valence-corrected chi connectivity index (χ2v) is 18.7. The molecule has 0 amide bonds. The molecule has 2 aliphatic rings. The Morgan fingerprint density at radius 1 is 0.627 bits per heavy atom. The Kier molecular flexibility index (Phi) is 6.68. The molecule has 0 aliphatic carbocycles. The van der Waals surface area contributed by atoms with Crippen molar-refractivity contribution in [1.82, 2.24) is 0 Å². The van der Waals surface area contributed by atoms with Crippen LogP contribution >= 0.6 is 11.3 Å². The summed E-state index contributed by atoms with van der Waals surface area (Å²) in [6.07, 6.45) is 0.791. The van der Waals surface area contributed by atoms with Gasteiger partial charge in [-0.25, -0.2) is 0 Å². The molecule has 0 saturated heterocycles. The molecule has 0 N–H and O–H groups in total. The predicted molar refractivity (Wildman–Crippen MR) is 226 cm³/mol. The Bertz CT molecular complexity index is 2520. The SMILES string of the molecule is [2H]c1c([2H])c(C(C)(C)C)c([2H])c([2H])c1N1c2cc(C)ccc2B2c3sc4ccc(C(C)(C)C)cc4c3N(c3ccc(C(C)(C)C)cc3)c3cc(CC)cc1c32. The van der Waals surface area contributed by atoms with Crippen molar-refractivity contribution >= 4 is 78.0 Å². The molecular formula is C47H51BN2S. The molecular weight excluding hydrogens is 635 g/mol. The number of fused-ring (bicyclic) bond motifs is 6. The van der Waals surface area contributed by atoms with Crippen LogP contribution in [0.5, 0.6) is 0 Å². The van der Waals surface area contributed by atoms with Gasteiger partial charge in [0.1, 0.15) is 0 Å². The molecule has 0 saturated carbocycles. The van der Waals surface area contributed by atoms with E-state index in [0.29, 0.717) is 11.3 Å². The lowest BCUT2D eigenvalue weighted by atomic mass is 9.36. The van der Waals surface area contributed by atoms with Crippen molar-refractivity contribution in [3.63, 3.8) is 0 Å². The van der Waals surface area contributed by atoms with Crippen LogP contribution in [0.1, 0.15) is 103 Å². The van der Waals surface area contributed by atoms with Crippen molar-refractivity contribution in [2.24, 2.45) is 0 Å². The quantitative estimate of drug-likeness (QED) is 0.170. The number of thiophene rings is 1. The fourth-order valence-electron chi connectivity index (χ4n) is 7.73. The minimum atomic E-state index is -0.561. The number of benzene rings is 5. The summed E-state index contributed by atoms with van der Waals surface area (Å²) in [5.74, 6) is 0. The van der Waals surface area contributed by atoms with Gasteiger partial charge in [-0.05, 0) is 123 Å². The Labute approximate surface area is 315 Å². The Balaban J connectivity index is 1.52. The van der Waals surface area contributed by atoms with Crippen LogP contribution in [0, 0.1) is 6.92 Å². The van der Waals surface area contributed by atoms with Crippen LogP contribution in [0.2, 0.25) is 0 Å². The van der Waals surface area contributed by atoms with Gasteiger partial charge >= 0.3 is 0 Å². The third kappa shape index (κ3) is 5.53. The lowest BCUT2D eigenvalue weighted by Gasteiger charge is -2.43. The minimum Gasteiger partial charge on any atom is -0.311 e. The zero-order valence-electron chi connectivity index (χ0n) is 36.0. The summed E-state index contributed by atoms with van der Waals surface area (Å²) in [5, 5.41) is 1.25. The summed E-state index contributed by atoms with van der Waals surface area (Å²) < 4.78 is 40.2. The van der Waals surface area contributed by atoms with E-state index in [-0.39, 0.29) is 41.7 Å². The first-order valence-electron chi connectivity index (χ1n) is 20.4. The maximum atomic E-state index is 9.55. The van der Waals surface area contributed by atoms with E-state index >= 15 is 0 Å². The molecule has 8 rings (SSSR count). The minimum absolute atomic E-state index is 0.00881. The van der Waals surface area contributed by atoms with Crippen molar-refractivity contribution in [3.05, 3.63) is 125 Å². The molecule has 2 nitrogen and oxygen atoms in total. The van der Waals surface area contributed by atoms with E-state index in [2.05, 4.69) is 138 Å². The maximum Gasteiger partial charge on any atom is 0.264 e. The lowest BCUT2D eigenvalue weighted by molar-refractivity contribution is 0.590. The zero-order valence-corrected chi connectivity index (χ0v) is 32.8. The number of nitrogens with zero attached hydrogens (tertiary/aromatic N) is 2. The topological polar surface area (TPSA) is 6.48 Å². The molecule has 6 aromatic rings. The summed E-state index contributed by atoms with van der Waals surface area (Å²) in [4.78, 5) is 4.53. The molecule has 0 spiro atoms. The molecule has 4 heteroatoms. The number of hydrogen-bond acceptors (Lipinski definition) is 3. The van der Waals surface area contributed by atoms with Crippen LogP contribution in [0.25, 0.3) is 10.1 Å². The predicted octanol–water partition coefficient (Wildman–Crippen LogP) is 11.7. The second-order valence-electron chi connectivity index (χ2n) is 17.6. The van der Waals surface area contributed by atoms with E-state index in [0.717, 1.165) is 51.2 Å². The highest BCUT2D eigenvalue weighted by atomic mass is 32.1. The number of anilines is 6. The maximum absolute atomic E-state index is 9.55. The van der Waals surface area contributed by atoms with Crippen LogP contribution in [0.3, 0.4) is 0 Å². The molecule has 0 radical (unpaired) electrons. The molecule has 0 bridgehead atoms. The highest BCUT2D eigenvalue weighted by molar-refractivity contribution is 7.33. The van der Waals surface area contributed by atoms with E-state index < -0.39 is 5.41 Å². The standard InChI is InChI=1S/C47H51BN2S/c1-12-30-26-39-42-40(27-30)50(35-21-16-32(17-22-35)46(6,7)8)43-36-28-33(47(9,10)11)18-24-41(36)51-44(43)48(42)37-23-13-29(2)25-38(37)49(39)34-19-14-31(15-20-34)45(3,4)5/h13-28H,12H2,1-11H3/i14D,15D,19D,20D. The third-order valence-electron chi connectivity index (χ3n) is 10.7. The highest BCUT2D eigenvalue weighted by Gasteiger charge is 2.45. The van der Waals surface area contributed by atoms with E-state index in [1.54, 1.807) is 0 Å². The fraction of sp³-hybridized carbons (Fsp3) is 0.319. The largest absolute Gasteiger partial charge is 0.311 e. The van der Waals surface area contributed by atoms with Gasteiger partial charge < -0.3 is 9.80 Å². The first-order valence-corrected chi connectivity index (χ1v) is 19.2. The summed E-state index contributed by atoms with van der Waals surface area (Å²) in [7, 11) is 0. The van der Waals surface area contributed by atoms with Gasteiger partial charge in [-0.15, -0.1) is 11.3 Å². The van der Waals surface area contributed by atoms with Gasteiger partial charge in [-0.1, -0.05) is 112 Å². The molecule has 0 fully saturated rings. The lowest BCUT2D eigenvalue weighted by Crippen LogP contribution is -2.60. The second kappa shape index (κ2) is 11.6. The zero-order chi connectivity index (χ0) is 39.7. The molecule has 3 heterocycles. The van der Waals surface area contributed by atoms with Crippen molar-refractivity contribution in [1.29, 1.82) is 0 Å². The van der Waals surface area contributed by atoms with Gasteiger partial charge in [0.2, 0.25) is 0 Å². The smallest absolute Gasteiger partial charge is 0.264 e. The van der Waals surface area contributed by atoms with Gasteiger partial charge in [0.05, 0.1) is 11.2 Å². The van der Waals surface area contributed by atoms with Crippen LogP contribution in [-0.2, 0) is 22.7 Å². The van der Waals surface area contributed by atoms with Crippen molar-refractivity contribution in [2.45, 2.75) is 98.8 Å². The summed E-state index contributed by atoms with van der Waals surface area (Å²) in [6, 6.07) is 27.2. The summed E-state index contributed by atoms with van der Waals surface area (Å²) >= 11 is 1.86. The van der Waals surface area contributed by atoms with Crippen molar-refractivity contribution < 1.29 is 5.48 Å². The van der Waals surface area contributed by atoms with Crippen LogP contribution in [0.4, 0.5) is 34.1 Å². The monoisotopic (exact) mass is 690 g/mol. The van der Waals surface area contributed by atoms with Crippen LogP contribution in [-0.4, -0.2) is 6.71 Å². The third-order valence-corrected chi connectivity index (χ3v) is 12.0. The van der Waals surface area contributed by atoms with Gasteiger partial charge in [0, 0.05) is 43.3 Å². The van der Waals surface area contributed by atoms with Crippen LogP contribution in [0.15, 0.2) is 97.0 Å². The summed E-state index contributed by atoms with van der Waals surface area (Å²) in [6.45, 7) is 23.6. The molecule has 5 aromatic carbocycles. The Morgan fingerprint density at radius 3 is 1.84 bits per heavy atom. The molecule has 0 unspecified atom stereocenters. The van der Waals surface area contributed by atoms with Crippen molar-refractivity contribution in [2.75, 3.05) is 9.80 Å². The molecule has 2 aliphatic heterocycles. The molecule has 258 valence electrons. The first-order chi connectivity index (χ1) is 25.7. The van der Waals surface area contributed by atoms with E-state index in [1.807, 2.05) is 32.1 Å². The van der Waals surface area contributed by atoms with Gasteiger partial charge in [-0.3, -0.25) is 0 Å². The molecule has 1 aromatic heterocycles. The van der Waals surface area contributed by atoms with E-state index in [4.69, 9.17) is 0 Å². The molecule has 51 heavy (non-hydrogen) atoms. The average molecular weight is 691 g/mol.